The second-order valence-electron chi connectivity index (χ2n) is 3.63. The fourth-order valence-corrected chi connectivity index (χ4v) is 1.74. The summed E-state index contributed by atoms with van der Waals surface area (Å²) in [5.41, 5.74) is 0.958. The van der Waals surface area contributed by atoms with Gasteiger partial charge in [0.05, 0.1) is 0 Å². The van der Waals surface area contributed by atoms with Crippen molar-refractivity contribution >= 4 is 17.6 Å². The van der Waals surface area contributed by atoms with E-state index in [0.29, 0.717) is 10.8 Å². The lowest BCUT2D eigenvalue weighted by molar-refractivity contribution is 0.0657. The first-order valence-electron chi connectivity index (χ1n) is 5.39. The third kappa shape index (κ3) is 2.65. The van der Waals surface area contributed by atoms with Gasteiger partial charge in [0.1, 0.15) is 5.75 Å². The van der Waals surface area contributed by atoms with Crippen LogP contribution in [-0.4, -0.2) is 11.1 Å². The SMILES string of the molecule is CCc1cc(Oc2ccc(C(=O)O)o2)ccc1Cl. The van der Waals surface area contributed by atoms with Crippen molar-refractivity contribution in [2.45, 2.75) is 13.3 Å². The summed E-state index contributed by atoms with van der Waals surface area (Å²) in [6.07, 6.45) is 0.786. The number of rotatable bonds is 4. The Morgan fingerprint density at radius 2 is 2.17 bits per heavy atom. The highest BCUT2D eigenvalue weighted by atomic mass is 35.5. The first kappa shape index (κ1) is 12.5. The van der Waals surface area contributed by atoms with Crippen LogP contribution in [0.2, 0.25) is 5.02 Å². The van der Waals surface area contributed by atoms with Crippen molar-refractivity contribution in [3.05, 3.63) is 46.7 Å². The molecule has 2 rings (SSSR count). The molecular formula is C13H11ClO4. The highest BCUT2D eigenvalue weighted by molar-refractivity contribution is 6.31. The normalized spacial score (nSPS) is 10.3. The lowest BCUT2D eigenvalue weighted by Gasteiger charge is -2.05. The topological polar surface area (TPSA) is 59.7 Å². The van der Waals surface area contributed by atoms with Crippen LogP contribution in [0.4, 0.5) is 0 Å². The maximum absolute atomic E-state index is 10.6. The second kappa shape index (κ2) is 5.14. The monoisotopic (exact) mass is 266 g/mol. The van der Waals surface area contributed by atoms with E-state index in [1.165, 1.54) is 12.1 Å². The fourth-order valence-electron chi connectivity index (χ4n) is 1.49. The van der Waals surface area contributed by atoms with Crippen LogP contribution in [0.25, 0.3) is 0 Å². The summed E-state index contributed by atoms with van der Waals surface area (Å²) in [5, 5.41) is 9.39. The maximum atomic E-state index is 10.6. The lowest BCUT2D eigenvalue weighted by atomic mass is 10.1. The van der Waals surface area contributed by atoms with E-state index in [-0.39, 0.29) is 11.7 Å². The number of hydrogen-bond acceptors (Lipinski definition) is 3. The number of carboxylic acid groups (broad SMARTS) is 1. The molecular weight excluding hydrogens is 256 g/mol. The maximum Gasteiger partial charge on any atom is 0.371 e. The molecule has 0 saturated carbocycles. The van der Waals surface area contributed by atoms with Crippen molar-refractivity contribution in [3.63, 3.8) is 0 Å². The second-order valence-corrected chi connectivity index (χ2v) is 4.04. The van der Waals surface area contributed by atoms with Gasteiger partial charge >= 0.3 is 5.97 Å². The quantitative estimate of drug-likeness (QED) is 0.909. The Labute approximate surface area is 109 Å². The van der Waals surface area contributed by atoms with Gasteiger partial charge in [-0.3, -0.25) is 0 Å². The van der Waals surface area contributed by atoms with Crippen molar-refractivity contribution in [1.82, 2.24) is 0 Å². The number of carboxylic acids is 1. The Morgan fingerprint density at radius 3 is 2.78 bits per heavy atom. The number of ether oxygens (including phenoxy) is 1. The molecule has 0 aliphatic rings. The molecule has 0 amide bonds. The number of furan rings is 1. The third-order valence-corrected chi connectivity index (χ3v) is 2.78. The zero-order chi connectivity index (χ0) is 13.1. The van der Waals surface area contributed by atoms with Gasteiger partial charge in [-0.2, -0.15) is 0 Å². The molecule has 0 fully saturated rings. The molecule has 18 heavy (non-hydrogen) atoms. The summed E-state index contributed by atoms with van der Waals surface area (Å²) in [6.45, 7) is 1.99. The molecule has 1 heterocycles. The van der Waals surface area contributed by atoms with Crippen LogP contribution in [0.5, 0.6) is 11.7 Å². The molecule has 1 aromatic heterocycles. The Bertz CT molecular complexity index is 574. The van der Waals surface area contributed by atoms with Crippen LogP contribution in [0.15, 0.2) is 34.7 Å². The number of benzene rings is 1. The number of halogens is 1. The van der Waals surface area contributed by atoms with Gasteiger partial charge in [0.25, 0.3) is 5.95 Å². The first-order chi connectivity index (χ1) is 8.60. The van der Waals surface area contributed by atoms with Crippen LogP contribution >= 0.6 is 11.6 Å². The summed E-state index contributed by atoms with van der Waals surface area (Å²) in [5.74, 6) is -0.593. The summed E-state index contributed by atoms with van der Waals surface area (Å²) < 4.78 is 10.4. The molecule has 0 bridgehead atoms. The highest BCUT2D eigenvalue weighted by Gasteiger charge is 2.10. The van der Waals surface area contributed by atoms with E-state index in [9.17, 15) is 4.79 Å². The molecule has 0 radical (unpaired) electrons. The van der Waals surface area contributed by atoms with Crippen LogP contribution < -0.4 is 4.74 Å². The minimum Gasteiger partial charge on any atom is -0.475 e. The Kier molecular flexibility index (Phi) is 3.58. The summed E-state index contributed by atoms with van der Waals surface area (Å²) in [7, 11) is 0. The fraction of sp³-hybridized carbons (Fsp3) is 0.154. The Balaban J connectivity index is 2.20. The van der Waals surface area contributed by atoms with Crippen molar-refractivity contribution in [2.24, 2.45) is 0 Å². The molecule has 4 nitrogen and oxygen atoms in total. The van der Waals surface area contributed by atoms with Gasteiger partial charge in [-0.05, 0) is 36.2 Å². The van der Waals surface area contributed by atoms with E-state index in [4.69, 9.17) is 25.9 Å². The van der Waals surface area contributed by atoms with Crippen molar-refractivity contribution in [1.29, 1.82) is 0 Å². The molecule has 0 atom stereocenters. The number of aryl methyl sites for hydroxylation is 1. The van der Waals surface area contributed by atoms with Gasteiger partial charge in [0, 0.05) is 11.1 Å². The van der Waals surface area contributed by atoms with Crippen molar-refractivity contribution < 1.29 is 19.1 Å². The zero-order valence-electron chi connectivity index (χ0n) is 9.64. The van der Waals surface area contributed by atoms with Gasteiger partial charge in [-0.15, -0.1) is 0 Å². The van der Waals surface area contributed by atoms with E-state index >= 15 is 0 Å². The highest BCUT2D eigenvalue weighted by Crippen LogP contribution is 2.27. The average Bonchev–Trinajstić information content (AvgIpc) is 2.80. The number of carbonyl (C=O) groups is 1. The van der Waals surface area contributed by atoms with Gasteiger partial charge in [0.15, 0.2) is 0 Å². The average molecular weight is 267 g/mol. The third-order valence-electron chi connectivity index (χ3n) is 2.41. The van der Waals surface area contributed by atoms with Gasteiger partial charge in [-0.25, -0.2) is 4.79 Å². The molecule has 0 aliphatic heterocycles. The minimum atomic E-state index is -1.13. The molecule has 0 aliphatic carbocycles. The van der Waals surface area contributed by atoms with Gasteiger partial charge < -0.3 is 14.3 Å². The van der Waals surface area contributed by atoms with E-state index in [2.05, 4.69) is 0 Å². The molecule has 1 N–H and O–H groups in total. The van der Waals surface area contributed by atoms with Crippen LogP contribution in [-0.2, 0) is 6.42 Å². The molecule has 1 aromatic carbocycles. The summed E-state index contributed by atoms with van der Waals surface area (Å²) >= 11 is 5.99. The largest absolute Gasteiger partial charge is 0.475 e. The summed E-state index contributed by atoms with van der Waals surface area (Å²) in [6, 6.07) is 8.03. The number of hydrogen-bond donors (Lipinski definition) is 1. The minimum absolute atomic E-state index is 0.136. The van der Waals surface area contributed by atoms with E-state index in [1.807, 2.05) is 6.92 Å². The Morgan fingerprint density at radius 1 is 1.39 bits per heavy atom. The Hall–Kier alpha value is -1.94. The van der Waals surface area contributed by atoms with Crippen LogP contribution in [0.3, 0.4) is 0 Å². The number of aromatic carboxylic acids is 1. The molecule has 0 saturated heterocycles. The predicted molar refractivity (Wildman–Crippen MR) is 66.6 cm³/mol. The summed E-state index contributed by atoms with van der Waals surface area (Å²) in [4.78, 5) is 10.6. The smallest absolute Gasteiger partial charge is 0.371 e. The molecule has 0 unspecified atom stereocenters. The van der Waals surface area contributed by atoms with Crippen LogP contribution in [0.1, 0.15) is 23.0 Å². The van der Waals surface area contributed by atoms with E-state index < -0.39 is 5.97 Å². The molecule has 2 aromatic rings. The zero-order valence-corrected chi connectivity index (χ0v) is 10.4. The van der Waals surface area contributed by atoms with Crippen LogP contribution in [0, 0.1) is 0 Å². The van der Waals surface area contributed by atoms with E-state index in [0.717, 1.165) is 12.0 Å². The van der Waals surface area contributed by atoms with E-state index in [1.54, 1.807) is 18.2 Å². The van der Waals surface area contributed by atoms with Gasteiger partial charge in [-0.1, -0.05) is 18.5 Å². The molecule has 0 spiro atoms. The molecule has 5 heteroatoms. The molecule has 94 valence electrons. The van der Waals surface area contributed by atoms with Crippen molar-refractivity contribution in [3.8, 4) is 11.7 Å². The first-order valence-corrected chi connectivity index (χ1v) is 5.77. The predicted octanol–water partition coefficient (Wildman–Crippen LogP) is 3.99. The van der Waals surface area contributed by atoms with Crippen molar-refractivity contribution in [2.75, 3.05) is 0 Å². The van der Waals surface area contributed by atoms with Gasteiger partial charge in [0.2, 0.25) is 5.76 Å². The lowest BCUT2D eigenvalue weighted by Crippen LogP contribution is -1.91. The standard InChI is InChI=1S/C13H11ClO4/c1-2-8-7-9(3-4-10(8)14)17-12-6-5-11(18-12)13(15)16/h3-7H,2H2,1H3,(H,15,16).